The summed E-state index contributed by atoms with van der Waals surface area (Å²) in [5.41, 5.74) is 8.27. The second-order valence-electron chi connectivity index (χ2n) is 4.23. The summed E-state index contributed by atoms with van der Waals surface area (Å²) in [4.78, 5) is 1.34. The Morgan fingerprint density at radius 1 is 1.28 bits per heavy atom. The Balaban J connectivity index is 2.06. The second-order valence-corrected chi connectivity index (χ2v) is 6.15. The van der Waals surface area contributed by atoms with Crippen molar-refractivity contribution in [1.29, 1.82) is 0 Å². The van der Waals surface area contributed by atoms with Crippen LogP contribution in [-0.2, 0) is 13.1 Å². The highest BCUT2D eigenvalue weighted by Gasteiger charge is 2.07. The van der Waals surface area contributed by atoms with Crippen LogP contribution in [0.1, 0.15) is 10.4 Å². The van der Waals surface area contributed by atoms with E-state index in [0.717, 1.165) is 11.0 Å². The summed E-state index contributed by atoms with van der Waals surface area (Å²) in [5.74, 6) is 0. The van der Waals surface area contributed by atoms with Crippen LogP contribution < -0.4 is 5.73 Å². The summed E-state index contributed by atoms with van der Waals surface area (Å²) in [5, 5.41) is 3.38. The fourth-order valence-electron chi connectivity index (χ4n) is 2.22. The van der Waals surface area contributed by atoms with Gasteiger partial charge < -0.3 is 10.3 Å². The van der Waals surface area contributed by atoms with E-state index in [-0.39, 0.29) is 0 Å². The number of nitrogens with two attached hydrogens (primary N) is 1. The van der Waals surface area contributed by atoms with Gasteiger partial charge in [-0.3, -0.25) is 0 Å². The zero-order chi connectivity index (χ0) is 12.5. The maximum Gasteiger partial charge on any atom is 0.0569 e. The number of thiophene rings is 1. The smallest absolute Gasteiger partial charge is 0.0569 e. The normalized spacial score (nSPS) is 11.2. The first-order chi connectivity index (χ1) is 8.78. The SMILES string of the molecule is NCc1cn(Cc2cc(Br)cs2)c2ccccc12. The minimum Gasteiger partial charge on any atom is -0.342 e. The zero-order valence-corrected chi connectivity index (χ0v) is 12.2. The number of halogens is 1. The molecule has 1 aromatic carbocycles. The summed E-state index contributed by atoms with van der Waals surface area (Å²) in [6, 6.07) is 10.6. The molecule has 0 saturated carbocycles. The third-order valence-electron chi connectivity index (χ3n) is 3.04. The van der Waals surface area contributed by atoms with E-state index in [1.165, 1.54) is 21.3 Å². The van der Waals surface area contributed by atoms with Crippen LogP contribution in [-0.4, -0.2) is 4.57 Å². The predicted octanol–water partition coefficient (Wildman–Crippen LogP) is 3.97. The van der Waals surface area contributed by atoms with E-state index in [9.17, 15) is 0 Å². The Kier molecular flexibility index (Phi) is 3.24. The van der Waals surface area contributed by atoms with E-state index in [1.54, 1.807) is 11.3 Å². The summed E-state index contributed by atoms with van der Waals surface area (Å²) in [6.07, 6.45) is 2.16. The molecule has 2 N–H and O–H groups in total. The van der Waals surface area contributed by atoms with Crippen LogP contribution in [0.5, 0.6) is 0 Å². The number of rotatable bonds is 3. The van der Waals surface area contributed by atoms with Gasteiger partial charge in [0.25, 0.3) is 0 Å². The van der Waals surface area contributed by atoms with Crippen LogP contribution in [0.15, 0.2) is 46.4 Å². The van der Waals surface area contributed by atoms with Crippen molar-refractivity contribution in [3.8, 4) is 0 Å². The molecule has 0 saturated heterocycles. The van der Waals surface area contributed by atoms with Crippen molar-refractivity contribution in [3.05, 3.63) is 56.8 Å². The fraction of sp³-hybridized carbons (Fsp3) is 0.143. The number of para-hydroxylation sites is 1. The highest BCUT2D eigenvalue weighted by atomic mass is 79.9. The Labute approximate surface area is 118 Å². The quantitative estimate of drug-likeness (QED) is 0.777. The molecule has 3 aromatic rings. The maximum absolute atomic E-state index is 5.81. The van der Waals surface area contributed by atoms with Crippen LogP contribution in [0, 0.1) is 0 Å². The van der Waals surface area contributed by atoms with Gasteiger partial charge in [0.15, 0.2) is 0 Å². The molecule has 0 aliphatic carbocycles. The number of fused-ring (bicyclic) bond motifs is 1. The molecule has 0 bridgehead atoms. The lowest BCUT2D eigenvalue weighted by molar-refractivity contribution is 0.843. The number of benzene rings is 1. The number of aromatic nitrogens is 1. The minimum absolute atomic E-state index is 0.585. The van der Waals surface area contributed by atoms with Crippen molar-refractivity contribution in [1.82, 2.24) is 4.57 Å². The maximum atomic E-state index is 5.81. The third-order valence-corrected chi connectivity index (χ3v) is 4.72. The molecule has 0 amide bonds. The summed E-state index contributed by atoms with van der Waals surface area (Å²) < 4.78 is 3.42. The van der Waals surface area contributed by atoms with Gasteiger partial charge in [-0.2, -0.15) is 0 Å². The van der Waals surface area contributed by atoms with E-state index in [0.29, 0.717) is 6.54 Å². The van der Waals surface area contributed by atoms with E-state index >= 15 is 0 Å². The monoisotopic (exact) mass is 320 g/mol. The van der Waals surface area contributed by atoms with Crippen molar-refractivity contribution in [2.75, 3.05) is 0 Å². The molecule has 0 radical (unpaired) electrons. The van der Waals surface area contributed by atoms with Crippen LogP contribution >= 0.6 is 27.3 Å². The van der Waals surface area contributed by atoms with E-state index in [4.69, 9.17) is 5.73 Å². The molecule has 18 heavy (non-hydrogen) atoms. The fourth-order valence-corrected chi connectivity index (χ4v) is 3.67. The standard InChI is InChI=1S/C14H13BrN2S/c15-11-5-12(18-9-11)8-17-7-10(6-16)13-3-1-2-4-14(13)17/h1-5,7,9H,6,8,16H2. The van der Waals surface area contributed by atoms with Gasteiger partial charge in [0.1, 0.15) is 0 Å². The topological polar surface area (TPSA) is 30.9 Å². The van der Waals surface area contributed by atoms with E-state index in [2.05, 4.69) is 62.4 Å². The molecule has 0 aliphatic heterocycles. The minimum atomic E-state index is 0.585. The Hall–Kier alpha value is -1.10. The van der Waals surface area contributed by atoms with Gasteiger partial charge in [-0.05, 0) is 33.6 Å². The number of hydrogen-bond acceptors (Lipinski definition) is 2. The Morgan fingerprint density at radius 2 is 2.11 bits per heavy atom. The molecule has 0 fully saturated rings. The molecule has 4 heteroatoms. The van der Waals surface area contributed by atoms with Crippen molar-refractivity contribution in [2.45, 2.75) is 13.1 Å². The average molecular weight is 321 g/mol. The van der Waals surface area contributed by atoms with Gasteiger partial charge in [0.05, 0.1) is 6.54 Å². The molecule has 0 spiro atoms. The van der Waals surface area contributed by atoms with Gasteiger partial charge in [0, 0.05) is 38.4 Å². The average Bonchev–Trinajstić information content (AvgIpc) is 2.95. The van der Waals surface area contributed by atoms with Gasteiger partial charge in [0.2, 0.25) is 0 Å². The van der Waals surface area contributed by atoms with Crippen LogP contribution in [0.25, 0.3) is 10.9 Å². The Bertz CT molecular complexity index is 684. The van der Waals surface area contributed by atoms with Gasteiger partial charge in [-0.15, -0.1) is 11.3 Å². The van der Waals surface area contributed by atoms with Gasteiger partial charge >= 0.3 is 0 Å². The van der Waals surface area contributed by atoms with E-state index < -0.39 is 0 Å². The molecule has 2 nitrogen and oxygen atoms in total. The number of hydrogen-bond donors (Lipinski definition) is 1. The summed E-state index contributed by atoms with van der Waals surface area (Å²) >= 11 is 5.27. The molecule has 0 atom stereocenters. The highest BCUT2D eigenvalue weighted by Crippen LogP contribution is 2.25. The zero-order valence-electron chi connectivity index (χ0n) is 9.77. The van der Waals surface area contributed by atoms with Crippen molar-refractivity contribution < 1.29 is 0 Å². The molecule has 2 heterocycles. The lowest BCUT2D eigenvalue weighted by atomic mass is 10.2. The Morgan fingerprint density at radius 3 is 2.83 bits per heavy atom. The largest absolute Gasteiger partial charge is 0.342 e. The molecule has 3 rings (SSSR count). The molecule has 0 unspecified atom stereocenters. The molecule has 92 valence electrons. The highest BCUT2D eigenvalue weighted by molar-refractivity contribution is 9.10. The molecule has 0 aliphatic rings. The van der Waals surface area contributed by atoms with Crippen molar-refractivity contribution in [2.24, 2.45) is 5.73 Å². The summed E-state index contributed by atoms with van der Waals surface area (Å²) in [7, 11) is 0. The summed E-state index contributed by atoms with van der Waals surface area (Å²) in [6.45, 7) is 1.48. The molecular formula is C14H13BrN2S. The molecular weight excluding hydrogens is 308 g/mol. The van der Waals surface area contributed by atoms with Gasteiger partial charge in [-0.25, -0.2) is 0 Å². The lowest BCUT2D eigenvalue weighted by Crippen LogP contribution is -1.97. The van der Waals surface area contributed by atoms with E-state index in [1.807, 2.05) is 0 Å². The predicted molar refractivity (Wildman–Crippen MR) is 81.0 cm³/mol. The lowest BCUT2D eigenvalue weighted by Gasteiger charge is -2.02. The number of nitrogens with zero attached hydrogens (tertiary/aromatic N) is 1. The van der Waals surface area contributed by atoms with Crippen molar-refractivity contribution >= 4 is 38.2 Å². The van der Waals surface area contributed by atoms with Gasteiger partial charge in [-0.1, -0.05) is 18.2 Å². The van der Waals surface area contributed by atoms with Crippen LogP contribution in [0.4, 0.5) is 0 Å². The third kappa shape index (κ3) is 2.11. The van der Waals surface area contributed by atoms with Crippen molar-refractivity contribution in [3.63, 3.8) is 0 Å². The first-order valence-electron chi connectivity index (χ1n) is 5.77. The molecule has 2 aromatic heterocycles. The second kappa shape index (κ2) is 4.88. The van der Waals surface area contributed by atoms with Crippen LogP contribution in [0.2, 0.25) is 0 Å². The first-order valence-corrected chi connectivity index (χ1v) is 7.45. The first kappa shape index (κ1) is 12.0. The van der Waals surface area contributed by atoms with Crippen LogP contribution in [0.3, 0.4) is 0 Å².